The van der Waals surface area contributed by atoms with Crippen molar-refractivity contribution in [2.75, 3.05) is 26.2 Å². The van der Waals surface area contributed by atoms with Crippen molar-refractivity contribution in [3.05, 3.63) is 47.5 Å². The molecule has 0 bridgehead atoms. The number of halogens is 4. The summed E-state index contributed by atoms with van der Waals surface area (Å²) in [6.07, 6.45) is 2.39. The van der Waals surface area contributed by atoms with Gasteiger partial charge in [0.2, 0.25) is 0 Å². The number of hydrogen-bond acceptors (Lipinski definition) is 2. The quantitative estimate of drug-likeness (QED) is 0.843. The van der Waals surface area contributed by atoms with Gasteiger partial charge in [-0.15, -0.1) is 31.4 Å². The van der Waals surface area contributed by atoms with E-state index in [0.717, 1.165) is 26.2 Å². The summed E-state index contributed by atoms with van der Waals surface area (Å²) in [6.45, 7) is 8.75. The molecular formula is C15H22Cl2F2N2. The van der Waals surface area contributed by atoms with Gasteiger partial charge in [0.25, 0.3) is 0 Å². The Kier molecular flexibility index (Phi) is 9.06. The van der Waals surface area contributed by atoms with Crippen LogP contribution in [0.4, 0.5) is 8.78 Å². The number of nitrogens with one attached hydrogen (secondary N) is 1. The molecule has 1 aromatic rings. The molecule has 0 amide bonds. The minimum absolute atomic E-state index is 0. The molecule has 0 aliphatic carbocycles. The van der Waals surface area contributed by atoms with Gasteiger partial charge in [-0.3, -0.25) is 4.90 Å². The Morgan fingerprint density at radius 2 is 1.86 bits per heavy atom. The van der Waals surface area contributed by atoms with E-state index in [9.17, 15) is 8.78 Å². The molecule has 1 saturated heterocycles. The molecule has 21 heavy (non-hydrogen) atoms. The zero-order valence-electron chi connectivity index (χ0n) is 12.1. The van der Waals surface area contributed by atoms with Crippen LogP contribution in [0.1, 0.15) is 23.6 Å². The fourth-order valence-electron chi connectivity index (χ4n) is 2.54. The van der Waals surface area contributed by atoms with Crippen molar-refractivity contribution in [1.82, 2.24) is 10.2 Å². The van der Waals surface area contributed by atoms with Crippen molar-refractivity contribution < 1.29 is 8.78 Å². The molecule has 6 heteroatoms. The summed E-state index contributed by atoms with van der Waals surface area (Å²) < 4.78 is 27.9. The zero-order valence-corrected chi connectivity index (χ0v) is 13.7. The van der Waals surface area contributed by atoms with Crippen LogP contribution in [0.5, 0.6) is 0 Å². The third kappa shape index (κ3) is 4.65. The van der Waals surface area contributed by atoms with Crippen LogP contribution in [0.2, 0.25) is 0 Å². The van der Waals surface area contributed by atoms with Crippen LogP contribution in [0.25, 0.3) is 0 Å². The van der Waals surface area contributed by atoms with Crippen LogP contribution in [-0.2, 0) is 0 Å². The van der Waals surface area contributed by atoms with E-state index in [2.05, 4.69) is 16.8 Å². The van der Waals surface area contributed by atoms with Crippen molar-refractivity contribution in [3.63, 3.8) is 0 Å². The number of benzene rings is 1. The van der Waals surface area contributed by atoms with Gasteiger partial charge in [-0.05, 0) is 18.9 Å². The zero-order chi connectivity index (χ0) is 13.8. The molecule has 0 unspecified atom stereocenters. The molecular weight excluding hydrogens is 317 g/mol. The monoisotopic (exact) mass is 338 g/mol. The Morgan fingerprint density at radius 1 is 1.24 bits per heavy atom. The van der Waals surface area contributed by atoms with Gasteiger partial charge in [0.1, 0.15) is 0 Å². The van der Waals surface area contributed by atoms with Gasteiger partial charge in [0.15, 0.2) is 11.6 Å². The fraction of sp³-hybridized carbons (Fsp3) is 0.467. The molecule has 1 aliphatic heterocycles. The van der Waals surface area contributed by atoms with Gasteiger partial charge in [-0.1, -0.05) is 18.2 Å². The minimum atomic E-state index is -0.735. The van der Waals surface area contributed by atoms with E-state index in [1.807, 2.05) is 0 Å². The first-order valence-electron chi connectivity index (χ1n) is 6.65. The van der Waals surface area contributed by atoms with Gasteiger partial charge in [-0.2, -0.15) is 0 Å². The third-order valence-electron chi connectivity index (χ3n) is 3.65. The smallest absolute Gasteiger partial charge is 0.163 e. The van der Waals surface area contributed by atoms with Crippen LogP contribution in [0.15, 0.2) is 24.8 Å². The lowest BCUT2D eigenvalue weighted by atomic mass is 9.99. The highest BCUT2D eigenvalue weighted by atomic mass is 35.5. The Hall–Kier alpha value is -0.680. The fourth-order valence-corrected chi connectivity index (χ4v) is 2.54. The van der Waals surface area contributed by atoms with E-state index in [4.69, 9.17) is 0 Å². The van der Waals surface area contributed by atoms with Crippen LogP contribution in [-0.4, -0.2) is 31.1 Å². The lowest BCUT2D eigenvalue weighted by molar-refractivity contribution is 0.170. The summed E-state index contributed by atoms with van der Waals surface area (Å²) in [4.78, 5) is 2.19. The molecule has 1 atom stereocenters. The Labute approximate surface area is 137 Å². The minimum Gasteiger partial charge on any atom is -0.314 e. The van der Waals surface area contributed by atoms with E-state index >= 15 is 0 Å². The third-order valence-corrected chi connectivity index (χ3v) is 3.65. The van der Waals surface area contributed by atoms with Gasteiger partial charge in [0.05, 0.1) is 0 Å². The predicted molar refractivity (Wildman–Crippen MR) is 87.6 cm³/mol. The lowest BCUT2D eigenvalue weighted by Gasteiger charge is -2.35. The summed E-state index contributed by atoms with van der Waals surface area (Å²) in [6, 6.07) is 3.21. The first-order chi connectivity index (χ1) is 9.15. The normalized spacial score (nSPS) is 16.5. The topological polar surface area (TPSA) is 15.3 Å². The van der Waals surface area contributed by atoms with Crippen molar-refractivity contribution in [3.8, 4) is 0 Å². The van der Waals surface area contributed by atoms with Crippen LogP contribution in [0.3, 0.4) is 0 Å². The average molecular weight is 339 g/mol. The second kappa shape index (κ2) is 9.36. The van der Waals surface area contributed by atoms with Crippen molar-refractivity contribution >= 4 is 24.8 Å². The molecule has 120 valence electrons. The second-order valence-electron chi connectivity index (χ2n) is 4.93. The number of piperazine rings is 1. The van der Waals surface area contributed by atoms with E-state index in [-0.39, 0.29) is 30.9 Å². The molecule has 0 radical (unpaired) electrons. The highest BCUT2D eigenvalue weighted by Crippen LogP contribution is 2.29. The summed E-state index contributed by atoms with van der Waals surface area (Å²) in [5.41, 5.74) is 0.781. The summed E-state index contributed by atoms with van der Waals surface area (Å²) in [7, 11) is 0. The van der Waals surface area contributed by atoms with Crippen molar-refractivity contribution in [2.24, 2.45) is 0 Å². The number of hydrogen-bond donors (Lipinski definition) is 1. The number of aryl methyl sites for hydroxylation is 1. The largest absolute Gasteiger partial charge is 0.314 e. The second-order valence-corrected chi connectivity index (χ2v) is 4.93. The average Bonchev–Trinajstić information content (AvgIpc) is 2.44. The van der Waals surface area contributed by atoms with Gasteiger partial charge < -0.3 is 5.32 Å². The molecule has 2 rings (SSSR count). The van der Waals surface area contributed by atoms with E-state index in [1.54, 1.807) is 25.1 Å². The highest BCUT2D eigenvalue weighted by Gasteiger charge is 2.25. The molecule has 0 aromatic heterocycles. The van der Waals surface area contributed by atoms with Crippen molar-refractivity contribution in [1.29, 1.82) is 0 Å². The first-order valence-corrected chi connectivity index (χ1v) is 6.65. The van der Waals surface area contributed by atoms with Gasteiger partial charge >= 0.3 is 0 Å². The summed E-state index contributed by atoms with van der Waals surface area (Å²) in [5, 5.41) is 3.26. The van der Waals surface area contributed by atoms with E-state index < -0.39 is 11.6 Å². The molecule has 1 aromatic carbocycles. The molecule has 0 saturated carbocycles. The SMILES string of the molecule is C=CC[C@H](c1ccc(C)c(F)c1F)N1CCNCC1.Cl.Cl. The maximum atomic E-state index is 14.1. The van der Waals surface area contributed by atoms with Crippen LogP contribution >= 0.6 is 24.8 Å². The molecule has 1 aliphatic rings. The van der Waals surface area contributed by atoms with Gasteiger partial charge in [0, 0.05) is 37.8 Å². The highest BCUT2D eigenvalue weighted by molar-refractivity contribution is 5.85. The van der Waals surface area contributed by atoms with Gasteiger partial charge in [-0.25, -0.2) is 8.78 Å². The maximum Gasteiger partial charge on any atom is 0.163 e. The molecule has 0 spiro atoms. The summed E-state index contributed by atoms with van der Waals surface area (Å²) >= 11 is 0. The van der Waals surface area contributed by atoms with Crippen molar-refractivity contribution in [2.45, 2.75) is 19.4 Å². The Bertz CT molecular complexity index is 463. The number of rotatable bonds is 4. The standard InChI is InChI=1S/C15H20F2N2.2ClH/c1-3-4-13(19-9-7-18-8-10-19)12-6-5-11(2)14(16)15(12)17;;/h3,5-6,13,18H,1,4,7-10H2,2H3;2*1H/t13-;;/m1../s1. The van der Waals surface area contributed by atoms with Crippen LogP contribution in [0, 0.1) is 18.6 Å². The van der Waals surface area contributed by atoms with E-state index in [1.165, 1.54) is 0 Å². The van der Waals surface area contributed by atoms with E-state index in [0.29, 0.717) is 17.5 Å². The number of nitrogens with zero attached hydrogens (tertiary/aromatic N) is 1. The van der Waals surface area contributed by atoms with Crippen LogP contribution < -0.4 is 5.32 Å². The summed E-state index contributed by atoms with van der Waals surface area (Å²) in [5.74, 6) is -1.45. The maximum absolute atomic E-state index is 14.1. The Morgan fingerprint density at radius 3 is 2.43 bits per heavy atom. The predicted octanol–water partition coefficient (Wildman–Crippen LogP) is 3.64. The molecule has 1 N–H and O–H groups in total. The first kappa shape index (κ1) is 20.3. The molecule has 1 heterocycles. The molecule has 2 nitrogen and oxygen atoms in total. The Balaban J connectivity index is 0.00000200. The molecule has 1 fully saturated rings. The lowest BCUT2D eigenvalue weighted by Crippen LogP contribution is -2.45.